The summed E-state index contributed by atoms with van der Waals surface area (Å²) in [6, 6.07) is 15.5. The van der Waals surface area contributed by atoms with Crippen LogP contribution in [0.5, 0.6) is 0 Å². The van der Waals surface area contributed by atoms with Crippen molar-refractivity contribution >= 4 is 43.2 Å². The van der Waals surface area contributed by atoms with Crippen molar-refractivity contribution in [2.24, 2.45) is 0 Å². The maximum Gasteiger partial charge on any atom is 1.00 e. The van der Waals surface area contributed by atoms with Gasteiger partial charge < -0.3 is 48.4 Å². The van der Waals surface area contributed by atoms with Gasteiger partial charge in [-0.1, -0.05) is 236 Å². The zero-order valence-corrected chi connectivity index (χ0v) is 56.3. The zero-order chi connectivity index (χ0) is 61.1. The quantitative estimate of drug-likeness (QED) is 0.0208. The molecule has 0 fully saturated rings. The Morgan fingerprint density at radius 2 is 0.965 bits per heavy atom. The molecule has 1 unspecified atom stereocenters. The summed E-state index contributed by atoms with van der Waals surface area (Å²) in [7, 11) is -4.90. The van der Waals surface area contributed by atoms with Crippen LogP contribution in [0.3, 0.4) is 0 Å². The summed E-state index contributed by atoms with van der Waals surface area (Å²) in [5, 5.41) is 5.33. The van der Waals surface area contributed by atoms with Crippen LogP contribution in [0.25, 0.3) is 0 Å². The number of hydrogen-bond acceptors (Lipinski definition) is 13. The fourth-order valence-electron chi connectivity index (χ4n) is 10.2. The molecule has 0 radical (unpaired) electrons. The number of benzene rings is 2. The minimum atomic E-state index is -4.90. The molecule has 0 aliphatic carbocycles. The number of ether oxygens (including phenoxy) is 4. The number of esters is 2. The molecule has 1 heterocycles. The van der Waals surface area contributed by atoms with E-state index in [0.29, 0.717) is 38.6 Å². The van der Waals surface area contributed by atoms with E-state index in [9.17, 15) is 33.4 Å². The number of carbonyl (C=O) groups excluding carboxylic acids is 5. The minimum Gasteiger partial charge on any atom is -0.756 e. The third kappa shape index (κ3) is 41.6. The van der Waals surface area contributed by atoms with Gasteiger partial charge >= 0.3 is 41.5 Å². The standard InChI is InChI=1S/C68H110N3O13P.Na/c1-3-5-7-9-11-13-15-17-19-21-23-25-27-29-31-45-67(75)81-56-62(84-68(76)46-32-30-28-26-24-22-20-18-16-14-12-10-8-6-4-2)57-83-85(77,78)82-52-50-70-65(73)58-80-54-53-79-51-49-69-64(72)43-37-38-44-66(74)71-55-61-41-34-33-39-59(61)47-48-60-40-35-36-42-63(60)71;/h33-36,39-42,62H,3-32,37-38,43-46,49-58H2,1-2H3,(H,69,72)(H,70,73)(H,77,78);/q;+1/p-1/t62-;/m1./s1. The van der Waals surface area contributed by atoms with Gasteiger partial charge in [0.15, 0.2) is 6.10 Å². The van der Waals surface area contributed by atoms with Gasteiger partial charge in [-0.05, 0) is 49.4 Å². The second kappa shape index (κ2) is 53.2. The van der Waals surface area contributed by atoms with Gasteiger partial charge in [0.05, 0.1) is 45.3 Å². The Bertz CT molecular complexity index is 2230. The monoisotopic (exact) mass is 1230 g/mol. The number of rotatable bonds is 55. The fraction of sp³-hybridized carbons (Fsp3) is 0.721. The molecule has 1 aliphatic rings. The van der Waals surface area contributed by atoms with E-state index in [1.165, 1.54) is 141 Å². The molecule has 0 saturated carbocycles. The topological polar surface area (TPSA) is 208 Å². The van der Waals surface area contributed by atoms with E-state index >= 15 is 0 Å². The van der Waals surface area contributed by atoms with E-state index in [2.05, 4.69) is 36.3 Å². The molecule has 0 bridgehead atoms. The van der Waals surface area contributed by atoms with E-state index in [0.717, 1.165) is 60.9 Å². The molecule has 16 nitrogen and oxygen atoms in total. The molecular formula is C68H109N3NaO13P. The number of hydrogen-bond donors (Lipinski definition) is 2. The van der Waals surface area contributed by atoms with Crippen molar-refractivity contribution in [3.05, 3.63) is 65.2 Å². The van der Waals surface area contributed by atoms with E-state index in [4.69, 9.17) is 28.0 Å². The molecule has 18 heteroatoms. The number of nitrogens with zero attached hydrogens (tertiary/aromatic N) is 1. The minimum absolute atomic E-state index is 0. The van der Waals surface area contributed by atoms with Crippen molar-refractivity contribution < 1.29 is 91.0 Å². The largest absolute Gasteiger partial charge is 1.00 e. The van der Waals surface area contributed by atoms with Crippen molar-refractivity contribution in [2.75, 3.05) is 64.2 Å². The third-order valence-corrected chi connectivity index (χ3v) is 16.1. The predicted octanol–water partition coefficient (Wildman–Crippen LogP) is 11.2. The van der Waals surface area contributed by atoms with Crippen LogP contribution in [0.15, 0.2) is 48.5 Å². The van der Waals surface area contributed by atoms with Crippen LogP contribution in [-0.4, -0.2) is 95.1 Å². The molecule has 480 valence electrons. The number of phosphoric ester groups is 1. The predicted molar refractivity (Wildman–Crippen MR) is 336 cm³/mol. The number of unbranched alkanes of at least 4 members (excludes halogenated alkanes) is 29. The summed E-state index contributed by atoms with van der Waals surface area (Å²) >= 11 is 0. The van der Waals surface area contributed by atoms with Gasteiger partial charge in [-0.3, -0.25) is 28.5 Å². The van der Waals surface area contributed by atoms with Gasteiger partial charge in [0, 0.05) is 49.9 Å². The molecule has 86 heavy (non-hydrogen) atoms. The number of fused-ring (bicyclic) bond motifs is 2. The zero-order valence-electron chi connectivity index (χ0n) is 53.4. The smallest absolute Gasteiger partial charge is 0.756 e. The second-order valence-electron chi connectivity index (χ2n) is 22.7. The Kier molecular flexibility index (Phi) is 48.6. The van der Waals surface area contributed by atoms with E-state index < -0.39 is 45.0 Å². The first-order valence-electron chi connectivity index (χ1n) is 33.1. The molecule has 0 saturated heterocycles. The molecule has 1 aliphatic heterocycles. The van der Waals surface area contributed by atoms with E-state index in [1.807, 2.05) is 48.5 Å². The van der Waals surface area contributed by atoms with Crippen LogP contribution >= 0.6 is 7.82 Å². The average Bonchev–Trinajstić information content (AvgIpc) is 1.78. The summed E-state index contributed by atoms with van der Waals surface area (Å²) in [4.78, 5) is 78.3. The van der Waals surface area contributed by atoms with Crippen LogP contribution in [0, 0.1) is 11.8 Å². The van der Waals surface area contributed by atoms with E-state index in [1.54, 1.807) is 4.90 Å². The Labute approximate surface area is 540 Å². The Morgan fingerprint density at radius 1 is 0.512 bits per heavy atom. The van der Waals surface area contributed by atoms with Crippen LogP contribution in [0.1, 0.15) is 262 Å². The van der Waals surface area contributed by atoms with Gasteiger partial charge in [0.25, 0.3) is 7.82 Å². The molecule has 2 aromatic rings. The first-order valence-corrected chi connectivity index (χ1v) is 34.6. The van der Waals surface area contributed by atoms with Crippen LogP contribution in [-0.2, 0) is 63.1 Å². The molecule has 2 N–H and O–H groups in total. The molecule has 2 atom stereocenters. The number of phosphoric acid groups is 1. The maximum atomic E-state index is 13.4. The normalized spacial score (nSPS) is 12.7. The molecule has 3 rings (SSSR count). The molecule has 0 aromatic heterocycles. The fourth-order valence-corrected chi connectivity index (χ4v) is 10.9. The van der Waals surface area contributed by atoms with Crippen LogP contribution in [0.4, 0.5) is 5.69 Å². The average molecular weight is 1230 g/mol. The van der Waals surface area contributed by atoms with Gasteiger partial charge in [-0.2, -0.15) is 0 Å². The molecule has 0 spiro atoms. The van der Waals surface area contributed by atoms with Gasteiger partial charge in [0.2, 0.25) is 17.7 Å². The van der Waals surface area contributed by atoms with Gasteiger partial charge in [-0.25, -0.2) is 0 Å². The van der Waals surface area contributed by atoms with Crippen LogP contribution in [0.2, 0.25) is 0 Å². The molecular weight excluding hydrogens is 1120 g/mol. The number of carbonyl (C=O) groups is 5. The Morgan fingerprint density at radius 3 is 1.55 bits per heavy atom. The van der Waals surface area contributed by atoms with Gasteiger partial charge in [0.1, 0.15) is 13.2 Å². The summed E-state index contributed by atoms with van der Waals surface area (Å²) < 4.78 is 44.6. The number of nitrogens with one attached hydrogen (secondary N) is 2. The summed E-state index contributed by atoms with van der Waals surface area (Å²) in [6.07, 6.45) is 37.1. The van der Waals surface area contributed by atoms with Crippen molar-refractivity contribution in [2.45, 2.75) is 258 Å². The van der Waals surface area contributed by atoms with Gasteiger partial charge in [-0.15, -0.1) is 0 Å². The molecule has 2 aromatic carbocycles. The number of amides is 3. The second-order valence-corrected chi connectivity index (χ2v) is 24.2. The van der Waals surface area contributed by atoms with E-state index in [-0.39, 0.29) is 107 Å². The van der Waals surface area contributed by atoms with Crippen molar-refractivity contribution in [1.29, 1.82) is 0 Å². The van der Waals surface area contributed by atoms with Crippen molar-refractivity contribution in [3.8, 4) is 11.8 Å². The summed E-state index contributed by atoms with van der Waals surface area (Å²) in [5.74, 6) is 4.81. The third-order valence-electron chi connectivity index (χ3n) is 15.2. The summed E-state index contributed by atoms with van der Waals surface area (Å²) in [5.41, 5.74) is 3.47. The van der Waals surface area contributed by atoms with Crippen molar-refractivity contribution in [1.82, 2.24) is 10.6 Å². The summed E-state index contributed by atoms with van der Waals surface area (Å²) in [6.45, 7) is 3.90. The first-order chi connectivity index (χ1) is 41.5. The SMILES string of the molecule is CCCCCCCCCCCCCCCCCC(=O)OC[C@H](COP(=O)([O-])OCCNC(=O)COCCOCCNC(=O)CCCCC(=O)N1Cc2ccccc2C#Cc2ccccc21)OC(=O)CCCCCCCCCCCCCCCCC.[Na+]. The van der Waals surface area contributed by atoms with Crippen LogP contribution < -0.4 is 50.0 Å². The first kappa shape index (κ1) is 78.5. The van der Waals surface area contributed by atoms with Crippen molar-refractivity contribution in [3.63, 3.8) is 0 Å². The maximum absolute atomic E-state index is 13.4. The number of anilines is 1. The molecule has 3 amide bonds. The Balaban J connectivity index is 0.0000252. The number of para-hydroxylation sites is 1. The Hall–Kier alpha value is -3.62.